The maximum absolute atomic E-state index is 5.02. The topological polar surface area (TPSA) is 25.8 Å². The summed E-state index contributed by atoms with van der Waals surface area (Å²) in [6, 6.07) is 54.3. The van der Waals surface area contributed by atoms with Gasteiger partial charge in [-0.25, -0.2) is 9.97 Å². The Balaban J connectivity index is 1.07. The number of benzene rings is 7. The van der Waals surface area contributed by atoms with Crippen molar-refractivity contribution in [3.05, 3.63) is 175 Å². The highest BCUT2D eigenvalue weighted by atomic mass is 14.9. The normalized spacial score (nSPS) is 13.9. The molecule has 0 saturated heterocycles. The molecule has 1 atom stereocenters. The van der Waals surface area contributed by atoms with Gasteiger partial charge in [0.25, 0.3) is 0 Å². The Morgan fingerprint density at radius 3 is 1.84 bits per heavy atom. The van der Waals surface area contributed by atoms with E-state index in [4.69, 9.17) is 4.98 Å². The van der Waals surface area contributed by atoms with Crippen LogP contribution >= 0.6 is 0 Å². The zero-order chi connectivity index (χ0) is 32.7. The number of aromatic nitrogens is 2. The Morgan fingerprint density at radius 1 is 0.469 bits per heavy atom. The maximum atomic E-state index is 5.02. The van der Waals surface area contributed by atoms with E-state index in [9.17, 15) is 0 Å². The quantitative estimate of drug-likeness (QED) is 0.178. The first-order valence-corrected chi connectivity index (χ1v) is 17.0. The molecule has 1 aromatic heterocycles. The van der Waals surface area contributed by atoms with Crippen LogP contribution in [0.5, 0.6) is 0 Å². The monoisotopic (exact) mass is 626 g/mol. The SMILES string of the molecule is CC1C=Cc2c(c3ccccc3c3cc(-c4cccc(-c5cccc(-c6nccc(-c7cccc(-c8ccccc8)c7)n6)c5)c4)ccc23)C1. The van der Waals surface area contributed by atoms with Gasteiger partial charge in [0.05, 0.1) is 5.69 Å². The molecule has 1 unspecified atom stereocenters. The van der Waals surface area contributed by atoms with Crippen molar-refractivity contribution in [1.82, 2.24) is 9.97 Å². The number of nitrogens with zero attached hydrogens (tertiary/aromatic N) is 2. The number of allylic oxidation sites excluding steroid dienone is 1. The van der Waals surface area contributed by atoms with Crippen LogP contribution in [-0.2, 0) is 6.42 Å². The molecule has 232 valence electrons. The molecule has 0 aliphatic heterocycles. The average Bonchev–Trinajstić information content (AvgIpc) is 3.18. The molecule has 1 heterocycles. The van der Waals surface area contributed by atoms with Gasteiger partial charge in [0.1, 0.15) is 0 Å². The lowest BCUT2D eigenvalue weighted by atomic mass is 9.83. The molecule has 0 N–H and O–H groups in total. The van der Waals surface area contributed by atoms with Crippen molar-refractivity contribution in [2.75, 3.05) is 0 Å². The van der Waals surface area contributed by atoms with Gasteiger partial charge in [-0.05, 0) is 109 Å². The Morgan fingerprint density at radius 2 is 1.06 bits per heavy atom. The second-order valence-corrected chi connectivity index (χ2v) is 13.1. The molecule has 0 bridgehead atoms. The molecule has 8 aromatic rings. The summed E-state index contributed by atoms with van der Waals surface area (Å²) in [6.07, 6.45) is 7.64. The molecule has 2 heteroatoms. The summed E-state index contributed by atoms with van der Waals surface area (Å²) >= 11 is 0. The Kier molecular flexibility index (Phi) is 7.21. The first-order chi connectivity index (χ1) is 24.2. The summed E-state index contributed by atoms with van der Waals surface area (Å²) in [5, 5.41) is 5.35. The molecule has 49 heavy (non-hydrogen) atoms. The van der Waals surface area contributed by atoms with Gasteiger partial charge in [0.15, 0.2) is 5.82 Å². The van der Waals surface area contributed by atoms with Crippen LogP contribution in [0.2, 0.25) is 0 Å². The van der Waals surface area contributed by atoms with Gasteiger partial charge in [0.2, 0.25) is 0 Å². The zero-order valence-corrected chi connectivity index (χ0v) is 27.3. The van der Waals surface area contributed by atoms with Crippen molar-refractivity contribution in [3.8, 4) is 56.0 Å². The van der Waals surface area contributed by atoms with Crippen molar-refractivity contribution in [2.24, 2.45) is 5.92 Å². The van der Waals surface area contributed by atoms with Crippen molar-refractivity contribution < 1.29 is 0 Å². The fourth-order valence-electron chi connectivity index (χ4n) is 7.39. The zero-order valence-electron chi connectivity index (χ0n) is 27.3. The van der Waals surface area contributed by atoms with Crippen LogP contribution in [0.4, 0.5) is 0 Å². The first-order valence-electron chi connectivity index (χ1n) is 17.0. The summed E-state index contributed by atoms with van der Waals surface area (Å²) in [5.41, 5.74) is 12.9. The van der Waals surface area contributed by atoms with Crippen molar-refractivity contribution >= 4 is 27.6 Å². The van der Waals surface area contributed by atoms with Gasteiger partial charge in [-0.15, -0.1) is 0 Å². The minimum absolute atomic E-state index is 0.557. The predicted molar refractivity (Wildman–Crippen MR) is 206 cm³/mol. The van der Waals surface area contributed by atoms with Gasteiger partial charge in [0, 0.05) is 17.3 Å². The molecule has 2 nitrogen and oxygen atoms in total. The molecular weight excluding hydrogens is 593 g/mol. The van der Waals surface area contributed by atoms with Crippen LogP contribution in [0.15, 0.2) is 164 Å². The summed E-state index contributed by atoms with van der Waals surface area (Å²) in [7, 11) is 0. The van der Waals surface area contributed by atoms with Gasteiger partial charge in [-0.2, -0.15) is 0 Å². The largest absolute Gasteiger partial charge is 0.237 e. The Labute approximate surface area is 287 Å². The van der Waals surface area contributed by atoms with Crippen LogP contribution in [0.25, 0.3) is 83.6 Å². The summed E-state index contributed by atoms with van der Waals surface area (Å²) in [5.74, 6) is 1.27. The third-order valence-corrected chi connectivity index (χ3v) is 9.87. The van der Waals surface area contributed by atoms with Crippen LogP contribution < -0.4 is 0 Å². The smallest absolute Gasteiger partial charge is 0.159 e. The first kappa shape index (κ1) is 29.1. The molecule has 1 aliphatic rings. The minimum Gasteiger partial charge on any atom is -0.237 e. The van der Waals surface area contributed by atoms with Crippen LogP contribution in [0, 0.1) is 5.92 Å². The highest BCUT2D eigenvalue weighted by molar-refractivity contribution is 6.14. The average molecular weight is 627 g/mol. The minimum atomic E-state index is 0.557. The molecule has 1 aliphatic carbocycles. The molecule has 0 spiro atoms. The predicted octanol–water partition coefficient (Wildman–Crippen LogP) is 12.3. The maximum Gasteiger partial charge on any atom is 0.159 e. The fraction of sp³-hybridized carbons (Fsp3) is 0.0638. The fourth-order valence-corrected chi connectivity index (χ4v) is 7.39. The molecule has 9 rings (SSSR count). The van der Waals surface area contributed by atoms with E-state index in [1.807, 2.05) is 18.3 Å². The third kappa shape index (κ3) is 5.42. The van der Waals surface area contributed by atoms with E-state index in [0.29, 0.717) is 11.7 Å². The van der Waals surface area contributed by atoms with Crippen LogP contribution in [0.3, 0.4) is 0 Å². The third-order valence-electron chi connectivity index (χ3n) is 9.87. The summed E-state index contributed by atoms with van der Waals surface area (Å²) in [4.78, 5) is 9.71. The number of hydrogen-bond donors (Lipinski definition) is 0. The van der Waals surface area contributed by atoms with E-state index in [1.165, 1.54) is 60.5 Å². The lowest BCUT2D eigenvalue weighted by Crippen LogP contribution is -2.05. The molecular formula is C47H34N2. The van der Waals surface area contributed by atoms with E-state index < -0.39 is 0 Å². The van der Waals surface area contributed by atoms with Crippen LogP contribution in [-0.4, -0.2) is 9.97 Å². The second-order valence-electron chi connectivity index (χ2n) is 13.1. The van der Waals surface area contributed by atoms with E-state index >= 15 is 0 Å². The highest BCUT2D eigenvalue weighted by Gasteiger charge is 2.18. The molecule has 0 amide bonds. The van der Waals surface area contributed by atoms with E-state index in [1.54, 1.807) is 0 Å². The second kappa shape index (κ2) is 12.2. The molecule has 0 radical (unpaired) electrons. The number of fused-ring (bicyclic) bond motifs is 6. The van der Waals surface area contributed by atoms with Gasteiger partial charge in [-0.1, -0.05) is 140 Å². The molecule has 0 fully saturated rings. The van der Waals surface area contributed by atoms with Crippen LogP contribution in [0.1, 0.15) is 18.1 Å². The van der Waals surface area contributed by atoms with E-state index in [-0.39, 0.29) is 0 Å². The van der Waals surface area contributed by atoms with E-state index in [2.05, 4.69) is 164 Å². The number of rotatable bonds is 5. The van der Waals surface area contributed by atoms with Crippen molar-refractivity contribution in [1.29, 1.82) is 0 Å². The van der Waals surface area contributed by atoms with Crippen molar-refractivity contribution in [2.45, 2.75) is 13.3 Å². The summed E-state index contributed by atoms with van der Waals surface area (Å²) in [6.45, 7) is 2.31. The lowest BCUT2D eigenvalue weighted by Gasteiger charge is -2.21. The molecule has 0 saturated carbocycles. The van der Waals surface area contributed by atoms with E-state index in [0.717, 1.165) is 28.8 Å². The molecule has 7 aromatic carbocycles. The Bertz CT molecular complexity index is 2540. The highest BCUT2D eigenvalue weighted by Crippen LogP contribution is 2.40. The lowest BCUT2D eigenvalue weighted by molar-refractivity contribution is 0.722. The number of hydrogen-bond acceptors (Lipinski definition) is 2. The van der Waals surface area contributed by atoms with Crippen molar-refractivity contribution in [3.63, 3.8) is 0 Å². The summed E-state index contributed by atoms with van der Waals surface area (Å²) < 4.78 is 0. The standard InChI is InChI=1S/C47H34N2/c1-31-20-22-42-43-23-21-37(30-45(43)41-19-6-5-18-40(41)44(42)26-31)35-14-7-13-34(27-35)36-15-9-17-39(29-36)47-48-25-24-46(49-47)38-16-8-12-33(28-38)32-10-3-2-4-11-32/h2-25,27-31H,26H2,1H3. The van der Waals surface area contributed by atoms with Gasteiger partial charge >= 0.3 is 0 Å². The van der Waals surface area contributed by atoms with Gasteiger partial charge < -0.3 is 0 Å². The van der Waals surface area contributed by atoms with Gasteiger partial charge in [-0.3, -0.25) is 0 Å². The Hall–Kier alpha value is -6.12.